The van der Waals surface area contributed by atoms with Gasteiger partial charge >= 0.3 is 5.97 Å². The zero-order valence-corrected chi connectivity index (χ0v) is 11.1. The smallest absolute Gasteiger partial charge is 0.347 e. The summed E-state index contributed by atoms with van der Waals surface area (Å²) in [5, 5.41) is 10.0. The largest absolute Gasteiger partial charge is 0.506 e. The number of carbonyl (C=O) groups is 3. The Labute approximate surface area is 113 Å². The van der Waals surface area contributed by atoms with E-state index in [1.807, 2.05) is 0 Å². The van der Waals surface area contributed by atoms with Crippen molar-refractivity contribution in [2.75, 3.05) is 13.7 Å². The Hall–Kier alpha value is -2.64. The summed E-state index contributed by atoms with van der Waals surface area (Å²) >= 11 is 0. The number of aromatic hydroxyl groups is 1. The molecular formula is C12H12N2O6. The van der Waals surface area contributed by atoms with Gasteiger partial charge in [-0.1, -0.05) is 0 Å². The van der Waals surface area contributed by atoms with E-state index in [9.17, 15) is 24.3 Å². The van der Waals surface area contributed by atoms with Gasteiger partial charge in [0.15, 0.2) is 11.3 Å². The van der Waals surface area contributed by atoms with E-state index in [-0.39, 0.29) is 17.9 Å². The molecular weight excluding hydrogens is 268 g/mol. The van der Waals surface area contributed by atoms with Crippen LogP contribution >= 0.6 is 0 Å². The quantitative estimate of drug-likeness (QED) is 0.578. The van der Waals surface area contributed by atoms with Crippen LogP contribution in [-0.2, 0) is 11.8 Å². The molecule has 0 saturated heterocycles. The van der Waals surface area contributed by atoms with E-state index in [0.717, 1.165) is 9.47 Å². The van der Waals surface area contributed by atoms with Crippen LogP contribution in [0.2, 0.25) is 0 Å². The van der Waals surface area contributed by atoms with Crippen molar-refractivity contribution in [3.63, 3.8) is 0 Å². The van der Waals surface area contributed by atoms with Gasteiger partial charge in [-0.25, -0.2) is 4.79 Å². The minimum Gasteiger partial charge on any atom is -0.506 e. The highest BCUT2D eigenvalue weighted by Crippen LogP contribution is 2.30. The average molecular weight is 280 g/mol. The maximum Gasteiger partial charge on any atom is 0.347 e. The fourth-order valence-electron chi connectivity index (χ4n) is 2.03. The maximum atomic E-state index is 12.0. The van der Waals surface area contributed by atoms with Crippen LogP contribution in [0.25, 0.3) is 0 Å². The number of rotatable bonds is 2. The Morgan fingerprint density at radius 2 is 1.80 bits per heavy atom. The summed E-state index contributed by atoms with van der Waals surface area (Å²) in [6.45, 7) is 1.54. The van der Waals surface area contributed by atoms with E-state index in [4.69, 9.17) is 0 Å². The van der Waals surface area contributed by atoms with Gasteiger partial charge in [-0.15, -0.1) is 0 Å². The summed E-state index contributed by atoms with van der Waals surface area (Å²) in [4.78, 5) is 48.3. The summed E-state index contributed by atoms with van der Waals surface area (Å²) in [6, 6.07) is 0. The summed E-state index contributed by atoms with van der Waals surface area (Å²) < 4.78 is 5.54. The van der Waals surface area contributed by atoms with Crippen molar-refractivity contribution >= 4 is 17.8 Å². The molecule has 0 bridgehead atoms. The molecule has 8 nitrogen and oxygen atoms in total. The molecule has 1 aromatic rings. The predicted octanol–water partition coefficient (Wildman–Crippen LogP) is -0.507. The van der Waals surface area contributed by atoms with Crippen LogP contribution in [-0.4, -0.2) is 46.0 Å². The highest BCUT2D eigenvalue weighted by atomic mass is 16.5. The topological polar surface area (TPSA) is 106 Å². The van der Waals surface area contributed by atoms with E-state index in [1.54, 1.807) is 0 Å². The number of fused-ring (bicyclic) bond motifs is 1. The van der Waals surface area contributed by atoms with Crippen LogP contribution in [0.1, 0.15) is 38.1 Å². The van der Waals surface area contributed by atoms with E-state index in [2.05, 4.69) is 4.74 Å². The molecule has 1 aliphatic heterocycles. The number of esters is 1. The molecule has 2 rings (SSSR count). The van der Waals surface area contributed by atoms with Gasteiger partial charge in [0.2, 0.25) is 0 Å². The molecule has 0 fully saturated rings. The number of aromatic nitrogens is 1. The molecule has 1 N–H and O–H groups in total. The number of amides is 2. The molecule has 0 radical (unpaired) electrons. The zero-order chi connectivity index (χ0) is 15.2. The van der Waals surface area contributed by atoms with Crippen molar-refractivity contribution in [2.24, 2.45) is 7.05 Å². The highest BCUT2D eigenvalue weighted by molar-refractivity contribution is 6.22. The number of nitrogens with zero attached hydrogens (tertiary/aromatic N) is 2. The second-order valence-corrected chi connectivity index (χ2v) is 4.20. The van der Waals surface area contributed by atoms with E-state index >= 15 is 0 Å². The monoisotopic (exact) mass is 280 g/mol. The van der Waals surface area contributed by atoms with E-state index < -0.39 is 34.7 Å². The minimum absolute atomic E-state index is 0.00525. The second-order valence-electron chi connectivity index (χ2n) is 4.20. The summed E-state index contributed by atoms with van der Waals surface area (Å²) in [6.07, 6.45) is 0. The molecule has 106 valence electrons. The fourth-order valence-corrected chi connectivity index (χ4v) is 2.03. The molecule has 0 saturated carbocycles. The minimum atomic E-state index is -1.04. The Morgan fingerprint density at radius 1 is 1.20 bits per heavy atom. The molecule has 0 spiro atoms. The fraction of sp³-hybridized carbons (Fsp3) is 0.333. The van der Waals surface area contributed by atoms with Crippen molar-refractivity contribution in [3.8, 4) is 5.75 Å². The van der Waals surface area contributed by atoms with Crippen LogP contribution in [0.4, 0.5) is 0 Å². The third kappa shape index (κ3) is 1.61. The standard InChI is InChI=1S/C12H12N2O6/c1-4-20-12(19)6-8(15)5-7(13(2)10(6)17)11(18)14(3)9(5)16/h15H,4H2,1-3H3. The molecule has 8 heteroatoms. The number of pyridine rings is 1. The number of carbonyl (C=O) groups excluding carboxylic acids is 3. The molecule has 0 unspecified atom stereocenters. The summed E-state index contributed by atoms with van der Waals surface area (Å²) in [5.41, 5.74) is -2.14. The molecule has 2 heterocycles. The van der Waals surface area contributed by atoms with Crippen LogP contribution < -0.4 is 5.56 Å². The molecule has 1 aliphatic rings. The Balaban J connectivity index is 2.82. The van der Waals surface area contributed by atoms with Crippen LogP contribution in [0, 0.1) is 0 Å². The second kappa shape index (κ2) is 4.48. The van der Waals surface area contributed by atoms with Gasteiger partial charge in [-0.05, 0) is 6.92 Å². The zero-order valence-electron chi connectivity index (χ0n) is 11.1. The van der Waals surface area contributed by atoms with E-state index in [0.29, 0.717) is 0 Å². The van der Waals surface area contributed by atoms with Crippen molar-refractivity contribution in [1.82, 2.24) is 9.47 Å². The number of imide groups is 1. The lowest BCUT2D eigenvalue weighted by Crippen LogP contribution is -2.30. The summed E-state index contributed by atoms with van der Waals surface area (Å²) in [5.74, 6) is -3.34. The SMILES string of the molecule is CCOC(=O)c1c(O)c2c(n(C)c1=O)C(=O)N(C)C2=O. The molecule has 0 aliphatic carbocycles. The first kappa shape index (κ1) is 13.8. The molecule has 0 aromatic carbocycles. The van der Waals surface area contributed by atoms with Crippen LogP contribution in [0.15, 0.2) is 4.79 Å². The maximum absolute atomic E-state index is 12.0. The first-order valence-corrected chi connectivity index (χ1v) is 5.78. The van der Waals surface area contributed by atoms with Crippen molar-refractivity contribution in [3.05, 3.63) is 27.2 Å². The van der Waals surface area contributed by atoms with Crippen LogP contribution in [0.3, 0.4) is 0 Å². The molecule has 1 aromatic heterocycles. The lowest BCUT2D eigenvalue weighted by Gasteiger charge is -2.09. The lowest BCUT2D eigenvalue weighted by atomic mass is 10.1. The van der Waals surface area contributed by atoms with Gasteiger partial charge < -0.3 is 14.4 Å². The van der Waals surface area contributed by atoms with Gasteiger partial charge in [0.25, 0.3) is 17.4 Å². The van der Waals surface area contributed by atoms with E-state index in [1.165, 1.54) is 21.0 Å². The first-order chi connectivity index (χ1) is 9.32. The lowest BCUT2D eigenvalue weighted by molar-refractivity contribution is 0.0519. The predicted molar refractivity (Wildman–Crippen MR) is 65.7 cm³/mol. The Bertz CT molecular complexity index is 703. The number of hydrogen-bond acceptors (Lipinski definition) is 6. The molecule has 0 atom stereocenters. The third-order valence-electron chi connectivity index (χ3n) is 3.07. The van der Waals surface area contributed by atoms with Crippen molar-refractivity contribution < 1.29 is 24.2 Å². The van der Waals surface area contributed by atoms with Gasteiger partial charge in [-0.3, -0.25) is 19.3 Å². The van der Waals surface area contributed by atoms with Crippen molar-refractivity contribution in [2.45, 2.75) is 6.92 Å². The first-order valence-electron chi connectivity index (χ1n) is 5.78. The van der Waals surface area contributed by atoms with Gasteiger partial charge in [-0.2, -0.15) is 0 Å². The number of ether oxygens (including phenoxy) is 1. The normalized spacial score (nSPS) is 13.7. The average Bonchev–Trinajstić information content (AvgIpc) is 2.61. The Kier molecular flexibility index (Phi) is 3.09. The highest BCUT2D eigenvalue weighted by Gasteiger charge is 2.41. The molecule has 20 heavy (non-hydrogen) atoms. The number of hydrogen-bond donors (Lipinski definition) is 1. The van der Waals surface area contributed by atoms with Crippen LogP contribution in [0.5, 0.6) is 5.75 Å². The third-order valence-corrected chi connectivity index (χ3v) is 3.07. The van der Waals surface area contributed by atoms with Crippen molar-refractivity contribution in [1.29, 1.82) is 0 Å². The van der Waals surface area contributed by atoms with Gasteiger partial charge in [0.1, 0.15) is 11.3 Å². The van der Waals surface area contributed by atoms with Gasteiger partial charge in [0, 0.05) is 14.1 Å². The summed E-state index contributed by atoms with van der Waals surface area (Å²) in [7, 11) is 2.46. The molecule has 2 amide bonds. The van der Waals surface area contributed by atoms with Gasteiger partial charge in [0.05, 0.1) is 6.61 Å². The Morgan fingerprint density at radius 3 is 2.35 bits per heavy atom.